The maximum Gasteiger partial charge on any atom is 0.220 e. The quantitative estimate of drug-likeness (QED) is 0.731. The number of benzene rings is 2. The van der Waals surface area contributed by atoms with E-state index in [4.69, 9.17) is 4.74 Å². The Labute approximate surface area is 159 Å². The number of carbonyl (C=O) groups excluding carboxylic acids is 1. The molecule has 2 aromatic rings. The van der Waals surface area contributed by atoms with Crippen molar-refractivity contribution in [2.24, 2.45) is 0 Å². The molecule has 0 saturated carbocycles. The summed E-state index contributed by atoms with van der Waals surface area (Å²) in [6.45, 7) is 0.251. The average Bonchev–Trinajstić information content (AvgIpc) is 2.67. The van der Waals surface area contributed by atoms with Crippen molar-refractivity contribution >= 4 is 17.7 Å². The molecule has 2 aromatic carbocycles. The van der Waals surface area contributed by atoms with Crippen molar-refractivity contribution in [2.75, 3.05) is 19.4 Å². The van der Waals surface area contributed by atoms with E-state index in [0.717, 1.165) is 40.4 Å². The number of fused-ring (bicyclic) bond motifs is 1. The fourth-order valence-corrected chi connectivity index (χ4v) is 4.23. The summed E-state index contributed by atoms with van der Waals surface area (Å²) in [6, 6.07) is 15.8. The van der Waals surface area contributed by atoms with Crippen LogP contribution in [-0.4, -0.2) is 30.4 Å². The zero-order chi connectivity index (χ0) is 18.4. The number of carbonyl (C=O) groups is 1. The lowest BCUT2D eigenvalue weighted by molar-refractivity contribution is -0.122. The van der Waals surface area contributed by atoms with Crippen LogP contribution >= 0.6 is 11.8 Å². The Kier molecular flexibility index (Phi) is 6.22. The van der Waals surface area contributed by atoms with E-state index in [2.05, 4.69) is 5.32 Å². The summed E-state index contributed by atoms with van der Waals surface area (Å²) < 4.78 is 5.27. The van der Waals surface area contributed by atoms with Gasteiger partial charge in [0.25, 0.3) is 0 Å². The zero-order valence-corrected chi connectivity index (χ0v) is 15.8. The van der Waals surface area contributed by atoms with Gasteiger partial charge >= 0.3 is 0 Å². The van der Waals surface area contributed by atoms with Crippen molar-refractivity contribution in [1.82, 2.24) is 5.32 Å². The normalized spacial score (nSPS) is 18.8. The van der Waals surface area contributed by atoms with Crippen molar-refractivity contribution in [2.45, 2.75) is 36.2 Å². The molecule has 1 amide bonds. The van der Waals surface area contributed by atoms with Gasteiger partial charge in [0.05, 0.1) is 13.7 Å². The van der Waals surface area contributed by atoms with Gasteiger partial charge in [-0.25, -0.2) is 0 Å². The molecule has 5 heteroatoms. The topological polar surface area (TPSA) is 58.6 Å². The first kappa shape index (κ1) is 18.8. The van der Waals surface area contributed by atoms with Crippen LogP contribution < -0.4 is 10.1 Å². The summed E-state index contributed by atoms with van der Waals surface area (Å²) in [5.74, 6) is 1.50. The molecule has 1 atom stereocenters. The minimum Gasteiger partial charge on any atom is -0.497 e. The highest BCUT2D eigenvalue weighted by Gasteiger charge is 2.34. The minimum absolute atomic E-state index is 0.0255. The second kappa shape index (κ2) is 8.60. The molecule has 2 N–H and O–H groups in total. The first-order valence-electron chi connectivity index (χ1n) is 8.95. The molecule has 1 aliphatic rings. The second-order valence-corrected chi connectivity index (χ2v) is 7.76. The van der Waals surface area contributed by atoms with Crippen molar-refractivity contribution in [3.8, 4) is 5.75 Å². The smallest absolute Gasteiger partial charge is 0.220 e. The van der Waals surface area contributed by atoms with E-state index in [1.54, 1.807) is 18.9 Å². The number of methoxy groups -OCH3 is 1. The number of nitrogens with one attached hydrogen (secondary N) is 1. The Morgan fingerprint density at radius 1 is 1.27 bits per heavy atom. The van der Waals surface area contributed by atoms with Crippen LogP contribution in [0, 0.1) is 0 Å². The summed E-state index contributed by atoms with van der Waals surface area (Å²) in [4.78, 5) is 13.3. The van der Waals surface area contributed by atoms with Gasteiger partial charge in [0, 0.05) is 17.1 Å². The van der Waals surface area contributed by atoms with Gasteiger partial charge in [-0.1, -0.05) is 24.3 Å². The van der Waals surface area contributed by atoms with E-state index in [0.29, 0.717) is 12.8 Å². The number of thioether (sulfide) groups is 1. The van der Waals surface area contributed by atoms with Gasteiger partial charge in [0.2, 0.25) is 5.91 Å². The van der Waals surface area contributed by atoms with Gasteiger partial charge in [-0.15, -0.1) is 11.8 Å². The molecule has 0 unspecified atom stereocenters. The summed E-state index contributed by atoms with van der Waals surface area (Å²) in [6.07, 6.45) is 2.92. The third kappa shape index (κ3) is 4.59. The van der Waals surface area contributed by atoms with Crippen LogP contribution in [0.5, 0.6) is 5.75 Å². The SMILES string of the molecule is COc1ccc2c(c1)CCC[C@]2(O)CNC(=O)CCSc1ccccc1. The maximum atomic E-state index is 12.2. The number of rotatable bonds is 7. The Morgan fingerprint density at radius 2 is 2.08 bits per heavy atom. The molecule has 0 heterocycles. The number of aliphatic hydroxyl groups is 1. The lowest BCUT2D eigenvalue weighted by Crippen LogP contribution is -2.43. The summed E-state index contributed by atoms with van der Waals surface area (Å²) in [5, 5.41) is 14.0. The number of ether oxygens (including phenoxy) is 1. The molecule has 26 heavy (non-hydrogen) atoms. The molecule has 4 nitrogen and oxygen atoms in total. The van der Waals surface area contributed by atoms with Crippen molar-refractivity contribution < 1.29 is 14.6 Å². The van der Waals surface area contributed by atoms with E-state index in [1.807, 2.05) is 48.5 Å². The largest absolute Gasteiger partial charge is 0.497 e. The van der Waals surface area contributed by atoms with Gasteiger partial charge in [0.15, 0.2) is 0 Å². The van der Waals surface area contributed by atoms with E-state index < -0.39 is 5.60 Å². The van der Waals surface area contributed by atoms with Crippen LogP contribution in [0.2, 0.25) is 0 Å². The monoisotopic (exact) mass is 371 g/mol. The van der Waals surface area contributed by atoms with E-state index in [-0.39, 0.29) is 12.5 Å². The van der Waals surface area contributed by atoms with Gasteiger partial charge in [-0.2, -0.15) is 0 Å². The Bertz CT molecular complexity index is 750. The molecule has 0 saturated heterocycles. The van der Waals surface area contributed by atoms with Gasteiger partial charge in [-0.05, 0) is 54.7 Å². The molecular formula is C21H25NO3S. The van der Waals surface area contributed by atoms with Crippen LogP contribution in [0.4, 0.5) is 0 Å². The third-order valence-corrected chi connectivity index (χ3v) is 5.78. The number of aryl methyl sites for hydroxylation is 1. The standard InChI is InChI=1S/C21H25NO3S/c1-25-17-9-10-19-16(14-17)6-5-12-21(19,24)15-22-20(23)11-13-26-18-7-3-2-4-8-18/h2-4,7-10,14,24H,5-6,11-13,15H2,1H3,(H,22,23)/t21-/m0/s1. The molecule has 0 radical (unpaired) electrons. The average molecular weight is 372 g/mol. The Morgan fingerprint density at radius 3 is 2.85 bits per heavy atom. The predicted octanol–water partition coefficient (Wildman–Crippen LogP) is 3.52. The Balaban J connectivity index is 1.53. The van der Waals surface area contributed by atoms with Crippen molar-refractivity contribution in [1.29, 1.82) is 0 Å². The number of hydrogen-bond donors (Lipinski definition) is 2. The van der Waals surface area contributed by atoms with Crippen LogP contribution in [0.25, 0.3) is 0 Å². The van der Waals surface area contributed by atoms with Crippen molar-refractivity contribution in [3.63, 3.8) is 0 Å². The Hall–Kier alpha value is -1.98. The predicted molar refractivity (Wildman–Crippen MR) is 105 cm³/mol. The van der Waals surface area contributed by atoms with Gasteiger partial charge in [-0.3, -0.25) is 4.79 Å². The summed E-state index contributed by atoms with van der Waals surface area (Å²) >= 11 is 1.66. The second-order valence-electron chi connectivity index (χ2n) is 6.60. The number of hydrogen-bond acceptors (Lipinski definition) is 4. The van der Waals surface area contributed by atoms with Gasteiger partial charge < -0.3 is 15.2 Å². The highest BCUT2D eigenvalue weighted by Crippen LogP contribution is 2.36. The third-order valence-electron chi connectivity index (χ3n) is 4.77. The molecule has 0 fully saturated rings. The lowest BCUT2D eigenvalue weighted by atomic mass is 9.79. The van der Waals surface area contributed by atoms with Crippen LogP contribution in [0.3, 0.4) is 0 Å². The summed E-state index contributed by atoms with van der Waals surface area (Å²) in [7, 11) is 1.64. The lowest BCUT2D eigenvalue weighted by Gasteiger charge is -2.35. The molecule has 0 bridgehead atoms. The first-order valence-corrected chi connectivity index (χ1v) is 9.93. The van der Waals surface area contributed by atoms with Crippen molar-refractivity contribution in [3.05, 3.63) is 59.7 Å². The number of amides is 1. The molecule has 1 aliphatic carbocycles. The van der Waals surface area contributed by atoms with Crippen LogP contribution in [0.15, 0.2) is 53.4 Å². The fraction of sp³-hybridized carbons (Fsp3) is 0.381. The molecule has 0 aliphatic heterocycles. The van der Waals surface area contributed by atoms with E-state index >= 15 is 0 Å². The van der Waals surface area contributed by atoms with E-state index in [1.165, 1.54) is 0 Å². The molecule has 138 valence electrons. The maximum absolute atomic E-state index is 12.2. The highest BCUT2D eigenvalue weighted by molar-refractivity contribution is 7.99. The van der Waals surface area contributed by atoms with Crippen LogP contribution in [-0.2, 0) is 16.8 Å². The van der Waals surface area contributed by atoms with Gasteiger partial charge in [0.1, 0.15) is 11.4 Å². The molecule has 0 spiro atoms. The fourth-order valence-electron chi connectivity index (χ4n) is 3.36. The zero-order valence-electron chi connectivity index (χ0n) is 15.0. The van der Waals surface area contributed by atoms with Crippen LogP contribution in [0.1, 0.15) is 30.4 Å². The van der Waals surface area contributed by atoms with E-state index in [9.17, 15) is 9.90 Å². The summed E-state index contributed by atoms with van der Waals surface area (Å²) in [5.41, 5.74) is 1.01. The highest BCUT2D eigenvalue weighted by atomic mass is 32.2. The molecule has 0 aromatic heterocycles. The molecule has 3 rings (SSSR count). The molecular weight excluding hydrogens is 346 g/mol. The minimum atomic E-state index is -0.998. The first-order chi connectivity index (χ1) is 12.6.